The number of pyridine rings is 1. The van der Waals surface area contributed by atoms with Crippen LogP contribution >= 0.6 is 31.9 Å². The summed E-state index contributed by atoms with van der Waals surface area (Å²) in [6.45, 7) is 0. The van der Waals surface area contributed by atoms with E-state index in [9.17, 15) is 10.1 Å². The van der Waals surface area contributed by atoms with Crippen LogP contribution in [0.3, 0.4) is 0 Å². The molecule has 0 radical (unpaired) electrons. The summed E-state index contributed by atoms with van der Waals surface area (Å²) in [4.78, 5) is 14.6. The van der Waals surface area contributed by atoms with Crippen molar-refractivity contribution in [2.75, 3.05) is 12.4 Å². The van der Waals surface area contributed by atoms with Crippen molar-refractivity contribution in [3.63, 3.8) is 0 Å². The molecule has 0 bridgehead atoms. The van der Waals surface area contributed by atoms with Gasteiger partial charge < -0.3 is 10.1 Å². The molecule has 0 amide bonds. The molecule has 1 N–H and O–H groups in total. The van der Waals surface area contributed by atoms with Gasteiger partial charge in [-0.05, 0) is 44.0 Å². The molecule has 2 aromatic rings. The summed E-state index contributed by atoms with van der Waals surface area (Å²) in [5.41, 5.74) is 0.511. The lowest BCUT2D eigenvalue weighted by Crippen LogP contribution is -2.00. The number of nitrogens with zero attached hydrogens (tertiary/aromatic N) is 2. The van der Waals surface area contributed by atoms with Crippen molar-refractivity contribution in [3.05, 3.63) is 49.5 Å². The topological polar surface area (TPSA) is 77.3 Å². The van der Waals surface area contributed by atoms with Crippen LogP contribution in [-0.4, -0.2) is 17.0 Å². The Bertz CT molecular complexity index is 664. The quantitative estimate of drug-likeness (QED) is 0.610. The standard InChI is InChI=1S/C12H9Br2N3O3/c1-20-8-2-3-9(14)10(5-8)16-12-11(17(18)19)4-7(13)6-15-12/h2-6H,1H3,(H,15,16). The number of methoxy groups -OCH3 is 1. The predicted molar refractivity (Wildman–Crippen MR) is 82.6 cm³/mol. The van der Waals surface area contributed by atoms with Crippen LogP contribution in [0.15, 0.2) is 39.4 Å². The molecule has 0 fully saturated rings. The van der Waals surface area contributed by atoms with Gasteiger partial charge in [-0.25, -0.2) is 4.98 Å². The monoisotopic (exact) mass is 401 g/mol. The number of hydrogen-bond acceptors (Lipinski definition) is 5. The maximum Gasteiger partial charge on any atom is 0.312 e. The number of ether oxygens (including phenoxy) is 1. The first kappa shape index (κ1) is 14.7. The fourth-order valence-electron chi connectivity index (χ4n) is 1.52. The normalized spacial score (nSPS) is 10.2. The first-order chi connectivity index (χ1) is 9.51. The molecule has 20 heavy (non-hydrogen) atoms. The van der Waals surface area contributed by atoms with Crippen LogP contribution in [0, 0.1) is 10.1 Å². The molecule has 0 aliphatic heterocycles. The highest BCUT2D eigenvalue weighted by Crippen LogP contribution is 2.33. The highest BCUT2D eigenvalue weighted by atomic mass is 79.9. The van der Waals surface area contributed by atoms with Crippen molar-refractivity contribution in [2.45, 2.75) is 0 Å². The number of aromatic nitrogens is 1. The van der Waals surface area contributed by atoms with Crippen LogP contribution in [0.25, 0.3) is 0 Å². The van der Waals surface area contributed by atoms with Crippen LogP contribution in [0.2, 0.25) is 0 Å². The van der Waals surface area contributed by atoms with E-state index in [-0.39, 0.29) is 11.5 Å². The Morgan fingerprint density at radius 1 is 1.35 bits per heavy atom. The molecule has 1 heterocycles. The van der Waals surface area contributed by atoms with Gasteiger partial charge in [0.1, 0.15) is 5.75 Å². The maximum atomic E-state index is 11.0. The lowest BCUT2D eigenvalue weighted by Gasteiger charge is -2.10. The van der Waals surface area contributed by atoms with Crippen molar-refractivity contribution in [1.82, 2.24) is 4.98 Å². The number of anilines is 2. The highest BCUT2D eigenvalue weighted by Gasteiger charge is 2.17. The molecular weight excluding hydrogens is 394 g/mol. The van der Waals surface area contributed by atoms with Gasteiger partial charge in [0.2, 0.25) is 5.82 Å². The second-order valence-corrected chi connectivity index (χ2v) is 5.52. The molecule has 0 saturated carbocycles. The van der Waals surface area contributed by atoms with Crippen molar-refractivity contribution in [3.8, 4) is 5.75 Å². The highest BCUT2D eigenvalue weighted by molar-refractivity contribution is 9.10. The van der Waals surface area contributed by atoms with Gasteiger partial charge in [0.25, 0.3) is 0 Å². The zero-order chi connectivity index (χ0) is 14.7. The van der Waals surface area contributed by atoms with Crippen molar-refractivity contribution in [1.29, 1.82) is 0 Å². The summed E-state index contributed by atoms with van der Waals surface area (Å²) >= 11 is 6.53. The SMILES string of the molecule is COc1ccc(Br)c(Nc2ncc(Br)cc2[N+](=O)[O-])c1. The van der Waals surface area contributed by atoms with E-state index in [1.807, 2.05) is 0 Å². The van der Waals surface area contributed by atoms with Gasteiger partial charge in [-0.15, -0.1) is 0 Å². The second-order valence-electron chi connectivity index (χ2n) is 3.75. The Labute approximate surface area is 131 Å². The maximum absolute atomic E-state index is 11.0. The van der Waals surface area contributed by atoms with Crippen molar-refractivity contribution in [2.24, 2.45) is 0 Å². The summed E-state index contributed by atoms with van der Waals surface area (Å²) in [5.74, 6) is 0.794. The van der Waals surface area contributed by atoms with E-state index in [0.29, 0.717) is 15.9 Å². The van der Waals surface area contributed by atoms with Crippen LogP contribution in [0.5, 0.6) is 5.75 Å². The second kappa shape index (κ2) is 6.19. The third-order valence-corrected chi connectivity index (χ3v) is 3.58. The first-order valence-corrected chi connectivity index (χ1v) is 7.00. The Kier molecular flexibility index (Phi) is 4.56. The molecule has 0 saturated heterocycles. The van der Waals surface area contributed by atoms with E-state index in [1.54, 1.807) is 25.3 Å². The van der Waals surface area contributed by atoms with Crippen LogP contribution in [0.1, 0.15) is 0 Å². The Morgan fingerprint density at radius 3 is 2.75 bits per heavy atom. The average molecular weight is 403 g/mol. The Morgan fingerprint density at radius 2 is 2.10 bits per heavy atom. The molecule has 0 atom stereocenters. The molecule has 8 heteroatoms. The van der Waals surface area contributed by atoms with E-state index in [0.717, 1.165) is 4.47 Å². The van der Waals surface area contributed by atoms with E-state index >= 15 is 0 Å². The molecule has 0 unspecified atom stereocenters. The summed E-state index contributed by atoms with van der Waals surface area (Å²) in [7, 11) is 1.55. The number of benzene rings is 1. The fourth-order valence-corrected chi connectivity index (χ4v) is 2.18. The van der Waals surface area contributed by atoms with Crippen LogP contribution < -0.4 is 10.1 Å². The molecule has 0 spiro atoms. The lowest BCUT2D eigenvalue weighted by atomic mass is 10.3. The van der Waals surface area contributed by atoms with Gasteiger partial charge >= 0.3 is 5.69 Å². The largest absolute Gasteiger partial charge is 0.497 e. The Balaban J connectivity index is 2.42. The number of halogens is 2. The third kappa shape index (κ3) is 3.26. The van der Waals surface area contributed by atoms with Gasteiger partial charge in [-0.2, -0.15) is 0 Å². The molecule has 0 aliphatic rings. The minimum atomic E-state index is -0.492. The third-order valence-electron chi connectivity index (χ3n) is 2.46. The Hall–Kier alpha value is -1.67. The smallest absolute Gasteiger partial charge is 0.312 e. The summed E-state index contributed by atoms with van der Waals surface area (Å²) in [5, 5.41) is 14.0. The first-order valence-electron chi connectivity index (χ1n) is 5.41. The van der Waals surface area contributed by atoms with E-state index in [2.05, 4.69) is 42.2 Å². The lowest BCUT2D eigenvalue weighted by molar-refractivity contribution is -0.384. The minimum absolute atomic E-state index is 0.117. The molecule has 0 aliphatic carbocycles. The predicted octanol–water partition coefficient (Wildman–Crippen LogP) is 4.27. The average Bonchev–Trinajstić information content (AvgIpc) is 2.42. The van der Waals surface area contributed by atoms with E-state index < -0.39 is 4.92 Å². The van der Waals surface area contributed by atoms with Crippen LogP contribution in [-0.2, 0) is 0 Å². The molecule has 104 valence electrons. The number of nitrogens with one attached hydrogen (secondary N) is 1. The van der Waals surface area contributed by atoms with Gasteiger partial charge in [0.05, 0.1) is 17.7 Å². The molecule has 6 nitrogen and oxygen atoms in total. The van der Waals surface area contributed by atoms with Gasteiger partial charge in [0.15, 0.2) is 0 Å². The summed E-state index contributed by atoms with van der Waals surface area (Å²) in [6, 6.07) is 6.67. The number of nitro groups is 1. The van der Waals surface area contributed by atoms with E-state index in [4.69, 9.17) is 4.74 Å². The molecule has 1 aromatic heterocycles. The van der Waals surface area contributed by atoms with E-state index in [1.165, 1.54) is 12.3 Å². The molecular formula is C12H9Br2N3O3. The minimum Gasteiger partial charge on any atom is -0.497 e. The van der Waals surface area contributed by atoms with Crippen molar-refractivity contribution < 1.29 is 9.66 Å². The van der Waals surface area contributed by atoms with Gasteiger partial charge in [-0.3, -0.25) is 10.1 Å². The van der Waals surface area contributed by atoms with Gasteiger partial charge in [-0.1, -0.05) is 0 Å². The number of hydrogen-bond donors (Lipinski definition) is 1. The zero-order valence-electron chi connectivity index (χ0n) is 10.3. The summed E-state index contributed by atoms with van der Waals surface area (Å²) in [6.07, 6.45) is 1.49. The van der Waals surface area contributed by atoms with Crippen molar-refractivity contribution >= 4 is 49.1 Å². The van der Waals surface area contributed by atoms with Gasteiger partial charge in [0, 0.05) is 27.3 Å². The molecule has 2 rings (SSSR count). The fraction of sp³-hybridized carbons (Fsp3) is 0.0833. The summed E-state index contributed by atoms with van der Waals surface area (Å²) < 4.78 is 6.41. The zero-order valence-corrected chi connectivity index (χ0v) is 13.4. The van der Waals surface area contributed by atoms with Crippen LogP contribution in [0.4, 0.5) is 17.2 Å². The number of rotatable bonds is 4. The molecule has 1 aromatic carbocycles.